The third kappa shape index (κ3) is 20.0. The standard InChI is InChI=1S/C31H45BN2O5.C25H32N2O3.C6H12BO2.2CO2/c1-24-31(23-33-21-25-13-15-27(36-6)16-14-25,17-10-19-32-38-29(2,3)30(4,5)39-32)18-20-34(24)28(35)37-22-26-11-8-7-9-12-26;1-4-14-25(19-26-17-21-10-12-23(29-3)13-11-21)15-16-27(20(25)2)24(28)30-18-22-8-6-5-7-9-22;1-5(2)6(3,4)9-7-8-5;2*2-1-3/h7-9,11-16,24,33H,10,17-23H2,1-6H3;4-13,20,26H,1,14-19H2,2-3H3;1-4H3;;/t24-,31-;20-,25-;;;/m11.../s1. The van der Waals surface area contributed by atoms with E-state index < -0.39 is 0 Å². The van der Waals surface area contributed by atoms with E-state index in [9.17, 15) is 9.59 Å². The number of carbonyl (C=O) groups is 2. The van der Waals surface area contributed by atoms with Gasteiger partial charge in [0, 0.05) is 62.2 Å². The number of ether oxygens (including phenoxy) is 4. The molecule has 4 saturated heterocycles. The number of methoxy groups -OCH3 is 2. The maximum Gasteiger partial charge on any atom is 0.488 e. The van der Waals surface area contributed by atoms with Crippen molar-refractivity contribution in [2.45, 2.75) is 168 Å². The molecule has 455 valence electrons. The van der Waals surface area contributed by atoms with Gasteiger partial charge in [0.25, 0.3) is 0 Å². The number of rotatable bonds is 20. The number of allylic oxidation sites excluding steroid dienone is 1. The molecule has 18 nitrogen and oxygen atoms in total. The monoisotopic (exact) mass is 1160 g/mol. The minimum atomic E-state index is -0.324. The van der Waals surface area contributed by atoms with Crippen LogP contribution < -0.4 is 20.1 Å². The molecule has 2 amide bonds. The summed E-state index contributed by atoms with van der Waals surface area (Å²) in [5.74, 6) is 1.71. The molecule has 0 spiro atoms. The summed E-state index contributed by atoms with van der Waals surface area (Å²) in [5, 5.41) is 7.28. The van der Waals surface area contributed by atoms with E-state index in [0.717, 1.165) is 87.2 Å². The van der Waals surface area contributed by atoms with Gasteiger partial charge in [-0.25, -0.2) is 9.59 Å². The molecule has 4 aliphatic heterocycles. The van der Waals surface area contributed by atoms with E-state index in [4.69, 9.17) is 56.7 Å². The van der Waals surface area contributed by atoms with Gasteiger partial charge in [-0.2, -0.15) is 19.2 Å². The molecule has 0 bridgehead atoms. The summed E-state index contributed by atoms with van der Waals surface area (Å²) < 4.78 is 44.7. The summed E-state index contributed by atoms with van der Waals surface area (Å²) >= 11 is 0. The molecule has 1 radical (unpaired) electrons. The largest absolute Gasteiger partial charge is 0.497 e. The zero-order chi connectivity index (χ0) is 62.0. The predicted octanol–water partition coefficient (Wildman–Crippen LogP) is 10.8. The van der Waals surface area contributed by atoms with Crippen molar-refractivity contribution in [3.8, 4) is 11.5 Å². The molecule has 4 fully saturated rings. The SMILES string of the molecule is C=CC[C@]1(CNCc2ccc(OC)cc2)CCN(C(=O)OCc2ccccc2)[C@@H]1C.CC1(C)O[B]OC1(C)C.COc1ccc(CNC[C@@]2(CCCB3OC(C)(C)C(C)(C)O3)CCN(C(=O)OCc3ccccc3)[C@@H]2C)cc1.O=C=O.O=C=O. The first-order valence-electron chi connectivity index (χ1n) is 28.7. The Morgan fingerprint density at radius 2 is 0.988 bits per heavy atom. The number of likely N-dealkylation sites (tertiary alicyclic amines) is 2. The smallest absolute Gasteiger partial charge is 0.488 e. The molecule has 4 aromatic rings. The van der Waals surface area contributed by atoms with Crippen molar-refractivity contribution in [3.63, 3.8) is 0 Å². The van der Waals surface area contributed by atoms with Gasteiger partial charge in [0.1, 0.15) is 24.7 Å². The van der Waals surface area contributed by atoms with Crippen LogP contribution in [0.15, 0.2) is 122 Å². The van der Waals surface area contributed by atoms with Gasteiger partial charge in [0.15, 0.2) is 0 Å². The van der Waals surface area contributed by atoms with E-state index in [-0.39, 0.29) is 83.5 Å². The van der Waals surface area contributed by atoms with E-state index in [1.54, 1.807) is 14.2 Å². The average molecular weight is 1160 g/mol. The van der Waals surface area contributed by atoms with Gasteiger partial charge in [0.2, 0.25) is 0 Å². The van der Waals surface area contributed by atoms with Crippen LogP contribution in [0.1, 0.15) is 124 Å². The molecular formula is C64H89B2N4O14. The average Bonchev–Trinajstić information content (AvgIpc) is 3.92. The second-order valence-corrected chi connectivity index (χ2v) is 23.5. The predicted molar refractivity (Wildman–Crippen MR) is 320 cm³/mol. The van der Waals surface area contributed by atoms with Gasteiger partial charge >= 0.3 is 39.3 Å². The van der Waals surface area contributed by atoms with Gasteiger partial charge in [-0.1, -0.05) is 97.4 Å². The summed E-state index contributed by atoms with van der Waals surface area (Å²) in [6.45, 7) is 29.8. The summed E-state index contributed by atoms with van der Waals surface area (Å²) in [7, 11) is 4.56. The zero-order valence-electron chi connectivity index (χ0n) is 51.5. The molecule has 8 rings (SSSR count). The Morgan fingerprint density at radius 1 is 0.607 bits per heavy atom. The fraction of sp³-hybridized carbons (Fsp3) is 0.531. The molecule has 84 heavy (non-hydrogen) atoms. The van der Waals surface area contributed by atoms with Crippen molar-refractivity contribution in [3.05, 3.63) is 144 Å². The number of nitrogens with one attached hydrogen (secondary N) is 2. The Bertz CT molecular complexity index is 2650. The lowest BCUT2D eigenvalue weighted by Crippen LogP contribution is -2.45. The summed E-state index contributed by atoms with van der Waals surface area (Å²) in [6, 6.07) is 36.0. The lowest BCUT2D eigenvalue weighted by atomic mass is 9.72. The quantitative estimate of drug-likeness (QED) is 0.0623. The van der Waals surface area contributed by atoms with Gasteiger partial charge in [-0.05, 0) is 148 Å². The van der Waals surface area contributed by atoms with Gasteiger partial charge in [0.05, 0.1) is 36.6 Å². The number of hydrogen-bond acceptors (Lipinski definition) is 16. The first-order valence-corrected chi connectivity index (χ1v) is 28.7. The van der Waals surface area contributed by atoms with Gasteiger partial charge in [-0.15, -0.1) is 6.58 Å². The minimum absolute atomic E-state index is 0.0417. The van der Waals surface area contributed by atoms with E-state index in [1.165, 1.54) is 18.8 Å². The molecule has 4 aromatic carbocycles. The normalized spacial score (nSPS) is 21.8. The number of hydrogen-bond donors (Lipinski definition) is 2. The third-order valence-electron chi connectivity index (χ3n) is 17.3. The van der Waals surface area contributed by atoms with Crippen LogP contribution >= 0.6 is 0 Å². The van der Waals surface area contributed by atoms with Crippen LogP contribution in [0.2, 0.25) is 6.32 Å². The highest BCUT2D eigenvalue weighted by Gasteiger charge is 2.52. The Kier molecular flexibility index (Phi) is 27.6. The topological polar surface area (TPSA) is 207 Å². The number of carbonyl (C=O) groups excluding carboxylic acids is 6. The first-order chi connectivity index (χ1) is 39.9. The molecule has 0 aromatic heterocycles. The highest BCUT2D eigenvalue weighted by Crippen LogP contribution is 2.44. The van der Waals surface area contributed by atoms with Crippen LogP contribution in [0.5, 0.6) is 11.5 Å². The minimum Gasteiger partial charge on any atom is -0.497 e. The van der Waals surface area contributed by atoms with E-state index >= 15 is 0 Å². The van der Waals surface area contributed by atoms with Crippen LogP contribution in [0.3, 0.4) is 0 Å². The Labute approximate surface area is 499 Å². The van der Waals surface area contributed by atoms with Crippen LogP contribution in [0.4, 0.5) is 9.59 Å². The number of nitrogens with zero attached hydrogens (tertiary/aromatic N) is 2. The molecule has 0 saturated carbocycles. The lowest BCUT2D eigenvalue weighted by Gasteiger charge is -2.36. The molecule has 0 unspecified atom stereocenters. The molecule has 4 atom stereocenters. The Morgan fingerprint density at radius 3 is 1.36 bits per heavy atom. The van der Waals surface area contributed by atoms with Crippen LogP contribution in [0.25, 0.3) is 0 Å². The fourth-order valence-electron chi connectivity index (χ4n) is 10.4. The van der Waals surface area contributed by atoms with Crippen molar-refractivity contribution in [2.75, 3.05) is 40.4 Å². The molecule has 4 aliphatic rings. The van der Waals surface area contributed by atoms with Gasteiger partial charge < -0.3 is 58.0 Å². The highest BCUT2D eigenvalue weighted by molar-refractivity contribution is 6.45. The lowest BCUT2D eigenvalue weighted by molar-refractivity contribution is -0.193. The van der Waals surface area contributed by atoms with Gasteiger partial charge in [-0.3, -0.25) is 0 Å². The zero-order valence-corrected chi connectivity index (χ0v) is 51.5. The second kappa shape index (κ2) is 33.2. The van der Waals surface area contributed by atoms with Crippen LogP contribution in [-0.2, 0) is 73.6 Å². The Hall–Kier alpha value is -6.59. The summed E-state index contributed by atoms with van der Waals surface area (Å²) in [6.07, 6.45) is 7.44. The molecule has 20 heteroatoms. The Balaban J connectivity index is 0.000000295. The van der Waals surface area contributed by atoms with Crippen molar-refractivity contribution < 1.29 is 66.3 Å². The number of amides is 2. The van der Waals surface area contributed by atoms with E-state index in [0.29, 0.717) is 19.7 Å². The second-order valence-electron chi connectivity index (χ2n) is 23.5. The highest BCUT2D eigenvalue weighted by atomic mass is 16.7. The first kappa shape index (κ1) is 69.9. The summed E-state index contributed by atoms with van der Waals surface area (Å²) in [4.78, 5) is 62.1. The van der Waals surface area contributed by atoms with Crippen molar-refractivity contribution in [2.24, 2.45) is 10.8 Å². The fourth-order valence-corrected chi connectivity index (χ4v) is 10.4. The maximum absolute atomic E-state index is 13.1. The van der Waals surface area contributed by atoms with Crippen molar-refractivity contribution in [1.82, 2.24) is 20.4 Å². The van der Waals surface area contributed by atoms with E-state index in [1.807, 2.05) is 128 Å². The molecule has 4 heterocycles. The van der Waals surface area contributed by atoms with Crippen molar-refractivity contribution in [1.29, 1.82) is 0 Å². The van der Waals surface area contributed by atoms with Crippen LogP contribution in [0, 0.1) is 10.8 Å². The number of benzene rings is 4. The maximum atomic E-state index is 13.1. The van der Waals surface area contributed by atoms with E-state index in [2.05, 4.69) is 83.0 Å². The molecular weight excluding hydrogens is 1070 g/mol. The molecule has 0 aliphatic carbocycles. The van der Waals surface area contributed by atoms with Crippen LogP contribution in [-0.4, -0.2) is 124 Å². The van der Waals surface area contributed by atoms with Crippen molar-refractivity contribution >= 4 is 39.3 Å². The summed E-state index contributed by atoms with van der Waals surface area (Å²) in [5.41, 5.74) is 3.26. The third-order valence-corrected chi connectivity index (χ3v) is 17.3. The molecule has 2 N–H and O–H groups in total.